The second kappa shape index (κ2) is 5.19. The molecule has 17 heavy (non-hydrogen) atoms. The number of aryl methyl sites for hydroxylation is 2. The molecule has 0 saturated carbocycles. The molecule has 2 aromatic rings. The van der Waals surface area contributed by atoms with Crippen molar-refractivity contribution in [3.63, 3.8) is 0 Å². The Labute approximate surface area is 103 Å². The summed E-state index contributed by atoms with van der Waals surface area (Å²) in [5, 5.41) is 3.17. The molecule has 2 heteroatoms. The molecule has 0 aliphatic carbocycles. The smallest absolute Gasteiger partial charge is 0.0473 e. The van der Waals surface area contributed by atoms with Gasteiger partial charge in [-0.2, -0.15) is 0 Å². The lowest BCUT2D eigenvalue weighted by Gasteiger charge is -2.08. The zero-order valence-corrected chi connectivity index (χ0v) is 10.8. The first-order valence-corrected chi connectivity index (χ1v) is 6.04. The summed E-state index contributed by atoms with van der Waals surface area (Å²) in [6, 6.07) is 8.80. The number of nitrogens with zero attached hydrogens (tertiary/aromatic N) is 1. The minimum Gasteiger partial charge on any atom is -0.350 e. The number of aromatic nitrogens is 1. The van der Waals surface area contributed by atoms with E-state index in [1.807, 2.05) is 7.05 Å². The van der Waals surface area contributed by atoms with Crippen LogP contribution < -0.4 is 5.32 Å². The molecule has 0 saturated heterocycles. The fourth-order valence-electron chi connectivity index (χ4n) is 2.06. The van der Waals surface area contributed by atoms with Crippen molar-refractivity contribution in [2.75, 3.05) is 7.05 Å². The molecule has 0 aliphatic rings. The first-order valence-electron chi connectivity index (χ1n) is 6.04. The second-order valence-electron chi connectivity index (χ2n) is 4.65. The van der Waals surface area contributed by atoms with Gasteiger partial charge in [-0.25, -0.2) is 0 Å². The molecule has 90 valence electrons. The van der Waals surface area contributed by atoms with Crippen LogP contribution in [0.25, 0.3) is 0 Å². The average molecular weight is 228 g/mol. The third kappa shape index (κ3) is 2.98. The van der Waals surface area contributed by atoms with E-state index in [9.17, 15) is 0 Å². The van der Waals surface area contributed by atoms with Gasteiger partial charge in [-0.3, -0.25) is 0 Å². The van der Waals surface area contributed by atoms with Gasteiger partial charge < -0.3 is 9.88 Å². The maximum absolute atomic E-state index is 3.17. The van der Waals surface area contributed by atoms with E-state index < -0.39 is 0 Å². The van der Waals surface area contributed by atoms with Crippen molar-refractivity contribution >= 4 is 0 Å². The predicted molar refractivity (Wildman–Crippen MR) is 72.2 cm³/mol. The summed E-state index contributed by atoms with van der Waals surface area (Å²) in [4.78, 5) is 0. The van der Waals surface area contributed by atoms with Gasteiger partial charge in [-0.1, -0.05) is 23.8 Å². The molecule has 0 amide bonds. The van der Waals surface area contributed by atoms with E-state index in [0.717, 1.165) is 13.1 Å². The Morgan fingerprint density at radius 1 is 1.18 bits per heavy atom. The predicted octanol–water partition coefficient (Wildman–Crippen LogP) is 2.87. The molecular formula is C15H20N2. The van der Waals surface area contributed by atoms with Crippen molar-refractivity contribution in [1.82, 2.24) is 9.88 Å². The first-order chi connectivity index (χ1) is 8.19. The van der Waals surface area contributed by atoms with Crippen LogP contribution in [0.1, 0.15) is 22.3 Å². The number of benzene rings is 1. The first kappa shape index (κ1) is 11.9. The van der Waals surface area contributed by atoms with Gasteiger partial charge in [0.1, 0.15) is 0 Å². The summed E-state index contributed by atoms with van der Waals surface area (Å²) in [5.74, 6) is 0. The molecule has 1 N–H and O–H groups in total. The Hall–Kier alpha value is -1.54. The molecule has 1 aromatic carbocycles. The Bertz CT molecular complexity index is 497. The lowest BCUT2D eigenvalue weighted by Crippen LogP contribution is -2.04. The molecule has 1 aromatic heterocycles. The van der Waals surface area contributed by atoms with Crippen LogP contribution in [0, 0.1) is 13.8 Å². The molecule has 2 rings (SSSR count). The van der Waals surface area contributed by atoms with Gasteiger partial charge in [-0.05, 0) is 43.7 Å². The molecular weight excluding hydrogens is 208 g/mol. The van der Waals surface area contributed by atoms with E-state index in [-0.39, 0.29) is 0 Å². The van der Waals surface area contributed by atoms with E-state index >= 15 is 0 Å². The zero-order chi connectivity index (χ0) is 12.3. The fourth-order valence-corrected chi connectivity index (χ4v) is 2.06. The molecule has 0 bridgehead atoms. The van der Waals surface area contributed by atoms with Crippen LogP contribution in [-0.2, 0) is 13.1 Å². The molecule has 0 fully saturated rings. The van der Waals surface area contributed by atoms with Gasteiger partial charge in [-0.15, -0.1) is 0 Å². The Kier molecular flexibility index (Phi) is 3.64. The molecule has 0 aliphatic heterocycles. The van der Waals surface area contributed by atoms with Crippen molar-refractivity contribution in [3.8, 4) is 0 Å². The number of nitrogens with one attached hydrogen (secondary N) is 1. The van der Waals surface area contributed by atoms with Crippen LogP contribution in [0.5, 0.6) is 0 Å². The summed E-state index contributed by atoms with van der Waals surface area (Å²) < 4.78 is 2.24. The molecule has 0 spiro atoms. The monoisotopic (exact) mass is 228 g/mol. The van der Waals surface area contributed by atoms with Crippen LogP contribution >= 0.6 is 0 Å². The average Bonchev–Trinajstić information content (AvgIpc) is 2.72. The fraction of sp³-hybridized carbons (Fsp3) is 0.333. The van der Waals surface area contributed by atoms with Gasteiger partial charge in [0.15, 0.2) is 0 Å². The topological polar surface area (TPSA) is 17.0 Å². The van der Waals surface area contributed by atoms with E-state index in [0.29, 0.717) is 0 Å². The largest absolute Gasteiger partial charge is 0.350 e. The summed E-state index contributed by atoms with van der Waals surface area (Å²) in [6.45, 7) is 6.20. The van der Waals surface area contributed by atoms with Crippen LogP contribution in [0.4, 0.5) is 0 Å². The van der Waals surface area contributed by atoms with Crippen molar-refractivity contribution in [2.24, 2.45) is 0 Å². The quantitative estimate of drug-likeness (QED) is 0.851. The van der Waals surface area contributed by atoms with Crippen molar-refractivity contribution in [1.29, 1.82) is 0 Å². The van der Waals surface area contributed by atoms with Crippen molar-refractivity contribution in [2.45, 2.75) is 26.9 Å². The van der Waals surface area contributed by atoms with E-state index in [1.54, 1.807) is 0 Å². The highest BCUT2D eigenvalue weighted by atomic mass is 14.9. The van der Waals surface area contributed by atoms with E-state index in [1.165, 1.54) is 22.3 Å². The minimum absolute atomic E-state index is 0.930. The normalized spacial score (nSPS) is 10.8. The Balaban J connectivity index is 2.16. The summed E-state index contributed by atoms with van der Waals surface area (Å²) in [6.07, 6.45) is 4.35. The summed E-state index contributed by atoms with van der Waals surface area (Å²) >= 11 is 0. The van der Waals surface area contributed by atoms with Crippen LogP contribution in [-0.4, -0.2) is 11.6 Å². The van der Waals surface area contributed by atoms with Crippen molar-refractivity contribution < 1.29 is 0 Å². The van der Waals surface area contributed by atoms with Crippen LogP contribution in [0.3, 0.4) is 0 Å². The molecule has 2 nitrogen and oxygen atoms in total. The van der Waals surface area contributed by atoms with Gasteiger partial charge in [0.2, 0.25) is 0 Å². The second-order valence-corrected chi connectivity index (χ2v) is 4.65. The lowest BCUT2D eigenvalue weighted by molar-refractivity contribution is 0.779. The molecule has 1 heterocycles. The summed E-state index contributed by atoms with van der Waals surface area (Å²) in [7, 11) is 1.97. The van der Waals surface area contributed by atoms with Gasteiger partial charge >= 0.3 is 0 Å². The van der Waals surface area contributed by atoms with Crippen LogP contribution in [0.2, 0.25) is 0 Å². The molecule has 0 atom stereocenters. The number of hydrogen-bond donors (Lipinski definition) is 1. The molecule has 0 unspecified atom stereocenters. The maximum Gasteiger partial charge on any atom is 0.0473 e. The van der Waals surface area contributed by atoms with Crippen LogP contribution in [0.15, 0.2) is 36.7 Å². The highest BCUT2D eigenvalue weighted by Gasteiger charge is 2.01. The minimum atomic E-state index is 0.930. The number of hydrogen-bond acceptors (Lipinski definition) is 1. The highest BCUT2D eigenvalue weighted by Crippen LogP contribution is 2.13. The van der Waals surface area contributed by atoms with Gasteiger partial charge in [0.05, 0.1) is 0 Å². The SMILES string of the molecule is CNCc1ccn(Cc2cc(C)ccc2C)c1. The Morgan fingerprint density at radius 2 is 2.00 bits per heavy atom. The Morgan fingerprint density at radius 3 is 2.76 bits per heavy atom. The highest BCUT2D eigenvalue weighted by molar-refractivity contribution is 5.31. The third-order valence-electron chi connectivity index (χ3n) is 3.05. The molecule has 0 radical (unpaired) electrons. The third-order valence-corrected chi connectivity index (χ3v) is 3.05. The number of rotatable bonds is 4. The van der Waals surface area contributed by atoms with E-state index in [4.69, 9.17) is 0 Å². The van der Waals surface area contributed by atoms with Gasteiger partial charge in [0.25, 0.3) is 0 Å². The zero-order valence-electron chi connectivity index (χ0n) is 10.8. The maximum atomic E-state index is 3.17. The lowest BCUT2D eigenvalue weighted by atomic mass is 10.1. The van der Waals surface area contributed by atoms with Gasteiger partial charge in [0, 0.05) is 25.5 Å². The van der Waals surface area contributed by atoms with Crippen molar-refractivity contribution in [3.05, 3.63) is 58.9 Å². The standard InChI is InChI=1S/C15H20N2/c1-12-4-5-13(2)15(8-12)11-17-7-6-14(10-17)9-16-3/h4-8,10,16H,9,11H2,1-3H3. The summed E-state index contributed by atoms with van der Waals surface area (Å²) in [5.41, 5.74) is 5.42. The van der Waals surface area contributed by atoms with E-state index in [2.05, 4.69) is 60.4 Å².